The van der Waals surface area contributed by atoms with Crippen LogP contribution in [0.3, 0.4) is 0 Å². The Labute approximate surface area is 142 Å². The standard InChI is InChI=1S/C18H24N4O2/c1-14-5-7-17(24-14)16(22-9-3-4-10-22)12-19-18(23)8-6-15-11-20-21(2)13-15/h5-8,11,13,16H,3-4,9-10,12H2,1-2H3,(H,19,23). The van der Waals surface area contributed by atoms with Gasteiger partial charge in [-0.15, -0.1) is 0 Å². The quantitative estimate of drug-likeness (QED) is 0.827. The number of hydrogen-bond acceptors (Lipinski definition) is 4. The fraction of sp³-hybridized carbons (Fsp3) is 0.444. The van der Waals surface area contributed by atoms with Crippen molar-refractivity contribution < 1.29 is 9.21 Å². The van der Waals surface area contributed by atoms with Crippen LogP contribution in [0.25, 0.3) is 6.08 Å². The molecule has 0 aliphatic carbocycles. The Kier molecular flexibility index (Phi) is 5.15. The van der Waals surface area contributed by atoms with E-state index in [1.807, 2.05) is 32.3 Å². The summed E-state index contributed by atoms with van der Waals surface area (Å²) in [6, 6.07) is 4.08. The number of likely N-dealkylation sites (tertiary alicyclic amines) is 1. The van der Waals surface area contributed by atoms with Crippen molar-refractivity contribution in [3.05, 3.63) is 47.7 Å². The SMILES string of the molecule is Cc1ccc(C(CNC(=O)C=Cc2cnn(C)c2)N2CCCC2)o1. The van der Waals surface area contributed by atoms with Crippen LogP contribution in [0.1, 0.15) is 36.0 Å². The molecule has 24 heavy (non-hydrogen) atoms. The van der Waals surface area contributed by atoms with Crippen molar-refractivity contribution in [3.8, 4) is 0 Å². The Bertz CT molecular complexity index is 710. The van der Waals surface area contributed by atoms with E-state index in [0.717, 1.165) is 30.2 Å². The van der Waals surface area contributed by atoms with Gasteiger partial charge in [0.2, 0.25) is 5.91 Å². The fourth-order valence-electron chi connectivity index (χ4n) is 3.05. The van der Waals surface area contributed by atoms with Gasteiger partial charge in [0, 0.05) is 31.4 Å². The highest BCUT2D eigenvalue weighted by molar-refractivity contribution is 5.91. The molecule has 1 atom stereocenters. The molecule has 1 saturated heterocycles. The van der Waals surface area contributed by atoms with Gasteiger partial charge in [0.15, 0.2) is 0 Å². The smallest absolute Gasteiger partial charge is 0.244 e. The van der Waals surface area contributed by atoms with Crippen molar-refractivity contribution in [2.75, 3.05) is 19.6 Å². The summed E-state index contributed by atoms with van der Waals surface area (Å²) in [6.07, 6.45) is 9.30. The van der Waals surface area contributed by atoms with E-state index in [1.54, 1.807) is 23.0 Å². The number of carbonyl (C=O) groups is 1. The van der Waals surface area contributed by atoms with Crippen LogP contribution in [-0.2, 0) is 11.8 Å². The first-order chi connectivity index (χ1) is 11.6. The summed E-state index contributed by atoms with van der Waals surface area (Å²) in [5.74, 6) is 1.72. The number of aryl methyl sites for hydroxylation is 2. The van der Waals surface area contributed by atoms with E-state index in [-0.39, 0.29) is 11.9 Å². The first-order valence-corrected chi connectivity index (χ1v) is 8.37. The van der Waals surface area contributed by atoms with E-state index in [0.29, 0.717) is 6.54 Å². The van der Waals surface area contributed by atoms with Crippen LogP contribution in [0.2, 0.25) is 0 Å². The van der Waals surface area contributed by atoms with Gasteiger partial charge in [0.1, 0.15) is 11.5 Å². The zero-order valence-corrected chi connectivity index (χ0v) is 14.2. The van der Waals surface area contributed by atoms with Gasteiger partial charge in [0.25, 0.3) is 0 Å². The Morgan fingerprint density at radius 2 is 2.21 bits per heavy atom. The highest BCUT2D eigenvalue weighted by atomic mass is 16.3. The number of amides is 1. The van der Waals surface area contributed by atoms with Crippen molar-refractivity contribution in [3.63, 3.8) is 0 Å². The molecule has 1 fully saturated rings. The van der Waals surface area contributed by atoms with Crippen molar-refractivity contribution in [1.82, 2.24) is 20.0 Å². The van der Waals surface area contributed by atoms with Gasteiger partial charge in [-0.05, 0) is 51.1 Å². The molecule has 6 nitrogen and oxygen atoms in total. The molecule has 0 radical (unpaired) electrons. The molecule has 0 bridgehead atoms. The monoisotopic (exact) mass is 328 g/mol. The second-order valence-electron chi connectivity index (χ2n) is 6.23. The molecular weight excluding hydrogens is 304 g/mol. The van der Waals surface area contributed by atoms with E-state index in [4.69, 9.17) is 4.42 Å². The van der Waals surface area contributed by atoms with E-state index >= 15 is 0 Å². The molecular formula is C18H24N4O2. The summed E-state index contributed by atoms with van der Waals surface area (Å²) in [6.45, 7) is 4.58. The number of carbonyl (C=O) groups excluding carboxylic acids is 1. The molecule has 1 aliphatic heterocycles. The zero-order valence-electron chi connectivity index (χ0n) is 14.2. The highest BCUT2D eigenvalue weighted by Gasteiger charge is 2.26. The van der Waals surface area contributed by atoms with E-state index in [9.17, 15) is 4.79 Å². The van der Waals surface area contributed by atoms with E-state index in [2.05, 4.69) is 15.3 Å². The minimum absolute atomic E-state index is 0.0944. The topological polar surface area (TPSA) is 63.3 Å². The molecule has 0 aromatic carbocycles. The Morgan fingerprint density at radius 3 is 2.83 bits per heavy atom. The summed E-state index contributed by atoms with van der Waals surface area (Å²) >= 11 is 0. The normalized spacial score (nSPS) is 16.8. The lowest BCUT2D eigenvalue weighted by molar-refractivity contribution is -0.116. The maximum Gasteiger partial charge on any atom is 0.244 e. The minimum atomic E-state index is -0.105. The van der Waals surface area contributed by atoms with Gasteiger partial charge in [-0.3, -0.25) is 14.4 Å². The number of hydrogen-bond donors (Lipinski definition) is 1. The lowest BCUT2D eigenvalue weighted by Crippen LogP contribution is -2.36. The first kappa shape index (κ1) is 16.5. The van der Waals surface area contributed by atoms with Crippen molar-refractivity contribution in [2.24, 2.45) is 7.05 Å². The fourth-order valence-corrected chi connectivity index (χ4v) is 3.05. The highest BCUT2D eigenvalue weighted by Crippen LogP contribution is 2.26. The second kappa shape index (κ2) is 7.49. The van der Waals surface area contributed by atoms with Crippen LogP contribution in [-0.4, -0.2) is 40.2 Å². The zero-order chi connectivity index (χ0) is 16.9. The van der Waals surface area contributed by atoms with Gasteiger partial charge in [0.05, 0.1) is 12.2 Å². The molecule has 1 unspecified atom stereocenters. The number of aromatic nitrogens is 2. The summed E-state index contributed by atoms with van der Waals surface area (Å²) in [7, 11) is 1.85. The third-order valence-electron chi connectivity index (χ3n) is 4.29. The second-order valence-corrected chi connectivity index (χ2v) is 6.23. The van der Waals surface area contributed by atoms with E-state index < -0.39 is 0 Å². The van der Waals surface area contributed by atoms with Crippen LogP contribution in [0.4, 0.5) is 0 Å². The predicted molar refractivity (Wildman–Crippen MR) is 92.2 cm³/mol. The van der Waals surface area contributed by atoms with Gasteiger partial charge in [-0.1, -0.05) is 0 Å². The van der Waals surface area contributed by atoms with Crippen molar-refractivity contribution in [1.29, 1.82) is 0 Å². The number of furan rings is 1. The van der Waals surface area contributed by atoms with Gasteiger partial charge in [-0.2, -0.15) is 5.10 Å². The van der Waals surface area contributed by atoms with Gasteiger partial charge < -0.3 is 9.73 Å². The molecule has 3 rings (SSSR count). The van der Waals surface area contributed by atoms with Crippen LogP contribution in [0, 0.1) is 6.92 Å². The summed E-state index contributed by atoms with van der Waals surface area (Å²) in [5.41, 5.74) is 0.908. The lowest BCUT2D eigenvalue weighted by atomic mass is 10.2. The summed E-state index contributed by atoms with van der Waals surface area (Å²) < 4.78 is 7.51. The molecule has 2 aromatic rings. The summed E-state index contributed by atoms with van der Waals surface area (Å²) in [4.78, 5) is 14.5. The molecule has 6 heteroatoms. The van der Waals surface area contributed by atoms with Gasteiger partial charge in [-0.25, -0.2) is 0 Å². The van der Waals surface area contributed by atoms with Crippen molar-refractivity contribution in [2.45, 2.75) is 25.8 Å². The van der Waals surface area contributed by atoms with Crippen LogP contribution in [0.15, 0.2) is 35.0 Å². The molecule has 2 aromatic heterocycles. The number of nitrogens with one attached hydrogen (secondary N) is 1. The predicted octanol–water partition coefficient (Wildman–Crippen LogP) is 2.29. The molecule has 1 N–H and O–H groups in total. The molecule has 1 aliphatic rings. The molecule has 3 heterocycles. The maximum absolute atomic E-state index is 12.1. The lowest BCUT2D eigenvalue weighted by Gasteiger charge is -2.25. The molecule has 1 amide bonds. The summed E-state index contributed by atoms with van der Waals surface area (Å²) in [5, 5.41) is 7.07. The molecule has 0 saturated carbocycles. The minimum Gasteiger partial charge on any atom is -0.465 e. The van der Waals surface area contributed by atoms with Crippen molar-refractivity contribution >= 4 is 12.0 Å². The number of nitrogens with zero attached hydrogens (tertiary/aromatic N) is 3. The largest absolute Gasteiger partial charge is 0.465 e. The average Bonchev–Trinajstić information content (AvgIpc) is 3.29. The third-order valence-corrected chi connectivity index (χ3v) is 4.29. The van der Waals surface area contributed by atoms with Crippen LogP contribution in [0.5, 0.6) is 0 Å². The third kappa shape index (κ3) is 4.14. The van der Waals surface area contributed by atoms with E-state index in [1.165, 1.54) is 12.8 Å². The van der Waals surface area contributed by atoms with Crippen LogP contribution < -0.4 is 5.32 Å². The van der Waals surface area contributed by atoms with Gasteiger partial charge >= 0.3 is 0 Å². The molecule has 0 spiro atoms. The first-order valence-electron chi connectivity index (χ1n) is 8.37. The Balaban J connectivity index is 1.60. The van der Waals surface area contributed by atoms with Crippen LogP contribution >= 0.6 is 0 Å². The average molecular weight is 328 g/mol. The maximum atomic E-state index is 12.1. The Hall–Kier alpha value is -2.34. The number of rotatable bonds is 6. The Morgan fingerprint density at radius 1 is 1.42 bits per heavy atom. The molecule has 128 valence electrons.